The van der Waals surface area contributed by atoms with Gasteiger partial charge in [0.05, 0.1) is 0 Å². The van der Waals surface area contributed by atoms with Crippen molar-refractivity contribution in [1.29, 1.82) is 0 Å². The lowest BCUT2D eigenvalue weighted by atomic mass is 10.0. The van der Waals surface area contributed by atoms with Crippen LogP contribution in [0.1, 0.15) is 32.3 Å². The zero-order valence-corrected chi connectivity index (χ0v) is 11.2. The fourth-order valence-corrected chi connectivity index (χ4v) is 1.46. The number of urea groups is 1. The largest absolute Gasteiger partial charge is 0.334 e. The molecule has 17 heavy (non-hydrogen) atoms. The third-order valence-electron chi connectivity index (χ3n) is 2.44. The fraction of sp³-hybridized carbons (Fsp3) is 0.462. The van der Waals surface area contributed by atoms with Crippen LogP contribution in [0.25, 0.3) is 0 Å². The zero-order valence-electron chi connectivity index (χ0n) is 10.5. The normalized spacial score (nSPS) is 12.3. The lowest BCUT2D eigenvalue weighted by Gasteiger charge is -2.12. The van der Waals surface area contributed by atoms with Gasteiger partial charge >= 0.3 is 6.03 Å². The number of amides is 2. The first kappa shape index (κ1) is 13.8. The Morgan fingerprint density at radius 3 is 2.29 bits per heavy atom. The lowest BCUT2D eigenvalue weighted by molar-refractivity contribution is 0.250. The van der Waals surface area contributed by atoms with E-state index < -0.39 is 0 Å². The summed E-state index contributed by atoms with van der Waals surface area (Å²) in [5.41, 5.74) is 2.04. The van der Waals surface area contributed by atoms with Crippen LogP contribution in [-0.2, 0) is 0 Å². The molecule has 2 amide bonds. The van der Waals surface area contributed by atoms with Crippen molar-refractivity contribution in [3.05, 3.63) is 29.8 Å². The maximum atomic E-state index is 11.5. The maximum absolute atomic E-state index is 11.5. The van der Waals surface area contributed by atoms with Gasteiger partial charge in [-0.2, -0.15) is 0 Å². The summed E-state index contributed by atoms with van der Waals surface area (Å²) in [5, 5.41) is 5.50. The molecule has 1 atom stereocenters. The molecule has 0 unspecified atom stereocenters. The van der Waals surface area contributed by atoms with Crippen LogP contribution in [0.15, 0.2) is 24.3 Å². The third kappa shape index (κ3) is 4.65. The molecule has 0 aliphatic heterocycles. The Hall–Kier alpha value is -1.22. The van der Waals surface area contributed by atoms with Crippen LogP contribution in [0.2, 0.25) is 0 Å². The number of hydrogen-bond donors (Lipinski definition) is 2. The Balaban J connectivity index is 2.54. The van der Waals surface area contributed by atoms with E-state index in [0.29, 0.717) is 11.8 Å². The Labute approximate surface area is 108 Å². The van der Waals surface area contributed by atoms with Gasteiger partial charge in [-0.05, 0) is 30.5 Å². The first-order valence-electron chi connectivity index (χ1n) is 5.76. The van der Waals surface area contributed by atoms with Crippen LogP contribution < -0.4 is 10.6 Å². The van der Waals surface area contributed by atoms with Crippen molar-refractivity contribution in [2.75, 3.05) is 11.2 Å². The van der Waals surface area contributed by atoms with E-state index in [2.05, 4.69) is 24.5 Å². The van der Waals surface area contributed by atoms with Crippen LogP contribution in [0.3, 0.4) is 0 Å². The van der Waals surface area contributed by atoms with Gasteiger partial charge in [0.2, 0.25) is 0 Å². The van der Waals surface area contributed by atoms with Gasteiger partial charge in [-0.1, -0.05) is 26.0 Å². The molecule has 0 saturated heterocycles. The van der Waals surface area contributed by atoms with Crippen molar-refractivity contribution in [3.8, 4) is 0 Å². The Morgan fingerprint density at radius 2 is 1.82 bits per heavy atom. The van der Waals surface area contributed by atoms with E-state index in [0.717, 1.165) is 5.69 Å². The van der Waals surface area contributed by atoms with Gasteiger partial charge in [-0.25, -0.2) is 4.79 Å². The first-order valence-corrected chi connectivity index (χ1v) is 6.29. The number of benzene rings is 1. The Kier molecular flexibility index (Phi) is 5.29. The molecule has 0 saturated carbocycles. The van der Waals surface area contributed by atoms with Gasteiger partial charge in [-0.3, -0.25) is 0 Å². The highest BCUT2D eigenvalue weighted by Crippen LogP contribution is 2.16. The Morgan fingerprint density at radius 1 is 1.24 bits per heavy atom. The van der Waals surface area contributed by atoms with Crippen molar-refractivity contribution in [2.45, 2.75) is 32.7 Å². The molecule has 1 rings (SSSR count). The second-order valence-corrected chi connectivity index (χ2v) is 4.74. The van der Waals surface area contributed by atoms with Crippen LogP contribution in [0.5, 0.6) is 0 Å². The molecular formula is C13H19ClN2O. The van der Waals surface area contributed by atoms with Crippen LogP contribution in [0.4, 0.5) is 10.5 Å². The second-order valence-electron chi connectivity index (χ2n) is 4.43. The van der Waals surface area contributed by atoms with Crippen LogP contribution in [-0.4, -0.2) is 18.0 Å². The summed E-state index contributed by atoms with van der Waals surface area (Å²) in [6, 6.07) is 7.58. The number of hydrogen-bond acceptors (Lipinski definition) is 1. The molecule has 2 N–H and O–H groups in total. The van der Waals surface area contributed by atoms with Gasteiger partial charge in [0.1, 0.15) is 0 Å². The number of alkyl halides is 1. The van der Waals surface area contributed by atoms with E-state index in [1.807, 2.05) is 31.2 Å². The zero-order chi connectivity index (χ0) is 12.8. The molecule has 0 aliphatic rings. The Bertz CT molecular complexity index is 362. The number of anilines is 1. The quantitative estimate of drug-likeness (QED) is 0.793. The molecule has 1 aromatic rings. The molecule has 0 radical (unpaired) electrons. The average molecular weight is 255 g/mol. The van der Waals surface area contributed by atoms with Crippen molar-refractivity contribution in [2.24, 2.45) is 0 Å². The summed E-state index contributed by atoms with van der Waals surface area (Å²) >= 11 is 5.61. The number of carbonyl (C=O) groups is 1. The van der Waals surface area contributed by atoms with E-state index in [1.54, 1.807) is 0 Å². The third-order valence-corrected chi connectivity index (χ3v) is 2.91. The van der Waals surface area contributed by atoms with E-state index in [-0.39, 0.29) is 12.1 Å². The van der Waals surface area contributed by atoms with Crippen molar-refractivity contribution >= 4 is 23.3 Å². The topological polar surface area (TPSA) is 41.1 Å². The maximum Gasteiger partial charge on any atom is 0.319 e. The van der Waals surface area contributed by atoms with E-state index in [4.69, 9.17) is 11.6 Å². The summed E-state index contributed by atoms with van der Waals surface area (Å²) in [6.45, 7) is 6.13. The molecular weight excluding hydrogens is 236 g/mol. The molecule has 0 spiro atoms. The highest BCUT2D eigenvalue weighted by atomic mass is 35.5. The lowest BCUT2D eigenvalue weighted by Crippen LogP contribution is -2.37. The average Bonchev–Trinajstić information content (AvgIpc) is 2.29. The summed E-state index contributed by atoms with van der Waals surface area (Å²) in [7, 11) is 0. The minimum atomic E-state index is -0.226. The van der Waals surface area contributed by atoms with Crippen LogP contribution >= 0.6 is 11.6 Å². The van der Waals surface area contributed by atoms with Crippen molar-refractivity contribution < 1.29 is 4.79 Å². The molecule has 4 heteroatoms. The predicted molar refractivity (Wildman–Crippen MR) is 72.9 cm³/mol. The molecule has 1 aromatic carbocycles. The van der Waals surface area contributed by atoms with Gasteiger partial charge in [0.25, 0.3) is 0 Å². The highest BCUT2D eigenvalue weighted by Gasteiger charge is 2.06. The van der Waals surface area contributed by atoms with Crippen LogP contribution in [0, 0.1) is 0 Å². The monoisotopic (exact) mass is 254 g/mol. The van der Waals surface area contributed by atoms with Gasteiger partial charge in [-0.15, -0.1) is 11.6 Å². The molecule has 3 nitrogen and oxygen atoms in total. The summed E-state index contributed by atoms with van der Waals surface area (Å²) < 4.78 is 0. The molecule has 94 valence electrons. The number of halogens is 1. The van der Waals surface area contributed by atoms with Gasteiger partial charge in [0.15, 0.2) is 0 Å². The summed E-state index contributed by atoms with van der Waals surface area (Å²) in [4.78, 5) is 11.5. The van der Waals surface area contributed by atoms with Crippen molar-refractivity contribution in [3.63, 3.8) is 0 Å². The van der Waals surface area contributed by atoms with E-state index in [1.165, 1.54) is 5.56 Å². The minimum absolute atomic E-state index is 0.0356. The second kappa shape index (κ2) is 6.50. The van der Waals surface area contributed by atoms with Gasteiger partial charge < -0.3 is 10.6 Å². The highest BCUT2D eigenvalue weighted by molar-refractivity contribution is 6.18. The molecule has 0 aromatic heterocycles. The SMILES string of the molecule is CC(C)c1ccc(NC(=O)N[C@@H](C)CCl)cc1. The smallest absolute Gasteiger partial charge is 0.319 e. The van der Waals surface area contributed by atoms with Crippen molar-refractivity contribution in [1.82, 2.24) is 5.32 Å². The number of carbonyl (C=O) groups excluding carboxylic acids is 1. The number of nitrogens with one attached hydrogen (secondary N) is 2. The molecule has 0 bridgehead atoms. The molecule has 0 heterocycles. The van der Waals surface area contributed by atoms with E-state index in [9.17, 15) is 4.79 Å². The van der Waals surface area contributed by atoms with E-state index >= 15 is 0 Å². The molecule has 0 fully saturated rings. The minimum Gasteiger partial charge on any atom is -0.334 e. The number of rotatable bonds is 4. The standard InChI is InChI=1S/C13H19ClN2O/c1-9(2)11-4-6-12(7-5-11)16-13(17)15-10(3)8-14/h4-7,9-10H,8H2,1-3H3,(H2,15,16,17)/t10-/m0/s1. The summed E-state index contributed by atoms with van der Waals surface area (Å²) in [5.74, 6) is 0.897. The fourth-order valence-electron chi connectivity index (χ4n) is 1.38. The predicted octanol–water partition coefficient (Wildman–Crippen LogP) is 3.56. The summed E-state index contributed by atoms with van der Waals surface area (Å²) in [6.07, 6.45) is 0. The first-order chi connectivity index (χ1) is 8.02. The molecule has 0 aliphatic carbocycles. The van der Waals surface area contributed by atoms with Gasteiger partial charge in [0, 0.05) is 17.6 Å².